The minimum atomic E-state index is 0.217. The number of hydrogen-bond donors (Lipinski definition) is 1. The van der Waals surface area contributed by atoms with Crippen molar-refractivity contribution >= 4 is 28.3 Å². The highest BCUT2D eigenvalue weighted by atomic mass is 32.2. The number of nitrogens with one attached hydrogen (secondary N) is 1. The van der Waals surface area contributed by atoms with Crippen LogP contribution in [0.25, 0.3) is 0 Å². The van der Waals surface area contributed by atoms with Gasteiger partial charge in [0.1, 0.15) is 5.01 Å². The Hall–Kier alpha value is -1.33. The molecule has 1 aromatic carbocycles. The third kappa shape index (κ3) is 3.04. The lowest BCUT2D eigenvalue weighted by Gasteiger charge is -2.13. The van der Waals surface area contributed by atoms with Crippen LogP contribution in [0.15, 0.2) is 41.5 Å². The van der Waals surface area contributed by atoms with Gasteiger partial charge in [0.25, 0.3) is 0 Å². The van der Waals surface area contributed by atoms with Crippen LogP contribution in [0.1, 0.15) is 33.7 Å². The van der Waals surface area contributed by atoms with E-state index in [1.165, 1.54) is 10.4 Å². The van der Waals surface area contributed by atoms with Crippen molar-refractivity contribution in [1.82, 2.24) is 10.3 Å². The molecule has 104 valence electrons. The van der Waals surface area contributed by atoms with Gasteiger partial charge in [-0.25, -0.2) is 4.98 Å². The van der Waals surface area contributed by atoms with Gasteiger partial charge >= 0.3 is 0 Å². The van der Waals surface area contributed by atoms with Crippen molar-refractivity contribution in [2.45, 2.75) is 25.1 Å². The van der Waals surface area contributed by atoms with Crippen molar-refractivity contribution in [2.75, 3.05) is 6.54 Å². The van der Waals surface area contributed by atoms with E-state index in [1.807, 2.05) is 18.0 Å². The Kier molecular flexibility index (Phi) is 4.08. The topological polar surface area (TPSA) is 37.3 Å². The Morgan fingerprint density at radius 1 is 1.30 bits per heavy atom. The van der Waals surface area contributed by atoms with Crippen molar-refractivity contribution in [1.29, 1.82) is 0 Å². The van der Waals surface area contributed by atoms with E-state index in [4.69, 9.17) is 0 Å². The second kappa shape index (κ2) is 5.97. The predicted molar refractivity (Wildman–Crippen MR) is 87.5 cm³/mol. The van der Waals surface area contributed by atoms with Crippen LogP contribution < -0.4 is 5.32 Å². The third-order valence-electron chi connectivity index (χ3n) is 3.18. The summed E-state index contributed by atoms with van der Waals surface area (Å²) in [6.07, 6.45) is 1.93. The molecule has 0 saturated heterocycles. The van der Waals surface area contributed by atoms with Gasteiger partial charge in [-0.15, -0.1) is 11.3 Å². The summed E-state index contributed by atoms with van der Waals surface area (Å²) in [5, 5.41) is 6.05. The first kappa shape index (κ1) is 13.6. The maximum Gasteiger partial charge on any atom is 0.157 e. The number of nitrogens with zero attached hydrogens (tertiary/aromatic N) is 2. The van der Waals surface area contributed by atoms with Crippen LogP contribution in [0.4, 0.5) is 0 Å². The number of thiazole rings is 1. The quantitative estimate of drug-likeness (QED) is 0.933. The van der Waals surface area contributed by atoms with E-state index in [2.05, 4.69) is 59.5 Å². The van der Waals surface area contributed by atoms with Crippen molar-refractivity contribution in [2.24, 2.45) is 4.99 Å². The van der Waals surface area contributed by atoms with Crippen LogP contribution in [0.2, 0.25) is 0 Å². The summed E-state index contributed by atoms with van der Waals surface area (Å²) in [4.78, 5) is 10.3. The standard InChI is InChI=1S/C15H17N3S2/c1-10-8-16-14(19-10)11(2)18-15-17-9-13(20-15)12-6-4-3-5-7-12/h3-8,11,13H,9H2,1-2H3,(H,17,18). The largest absolute Gasteiger partial charge is 0.356 e. The van der Waals surface area contributed by atoms with E-state index in [0.717, 1.165) is 16.7 Å². The average Bonchev–Trinajstić information content (AvgIpc) is 3.09. The van der Waals surface area contributed by atoms with Crippen LogP contribution >= 0.6 is 23.1 Å². The zero-order chi connectivity index (χ0) is 13.9. The number of benzene rings is 1. The molecule has 0 saturated carbocycles. The SMILES string of the molecule is Cc1cnc(C(C)NC2=NCC(c3ccccc3)S2)s1. The van der Waals surface area contributed by atoms with Crippen LogP contribution in [0.3, 0.4) is 0 Å². The molecule has 1 aromatic heterocycles. The molecule has 0 radical (unpaired) electrons. The van der Waals surface area contributed by atoms with Crippen molar-refractivity contribution in [3.63, 3.8) is 0 Å². The molecule has 3 nitrogen and oxygen atoms in total. The molecule has 1 aliphatic rings. The molecule has 3 rings (SSSR count). The van der Waals surface area contributed by atoms with Gasteiger partial charge in [0.15, 0.2) is 5.17 Å². The molecule has 0 bridgehead atoms. The Labute approximate surface area is 127 Å². The van der Waals surface area contributed by atoms with Gasteiger partial charge in [0.05, 0.1) is 17.8 Å². The Morgan fingerprint density at radius 2 is 2.10 bits per heavy atom. The van der Waals surface area contributed by atoms with Crippen molar-refractivity contribution in [3.05, 3.63) is 52.0 Å². The lowest BCUT2D eigenvalue weighted by atomic mass is 10.1. The van der Waals surface area contributed by atoms with Gasteiger partial charge in [-0.2, -0.15) is 0 Å². The minimum Gasteiger partial charge on any atom is -0.356 e. The van der Waals surface area contributed by atoms with Crippen LogP contribution in [-0.4, -0.2) is 16.7 Å². The molecule has 2 heterocycles. The summed E-state index contributed by atoms with van der Waals surface area (Å²) < 4.78 is 0. The second-order valence-corrected chi connectivity index (χ2v) is 7.30. The molecule has 0 fully saturated rings. The van der Waals surface area contributed by atoms with Crippen molar-refractivity contribution in [3.8, 4) is 0 Å². The fourth-order valence-electron chi connectivity index (χ4n) is 2.12. The van der Waals surface area contributed by atoms with Crippen LogP contribution in [0.5, 0.6) is 0 Å². The monoisotopic (exact) mass is 303 g/mol. The second-order valence-electron chi connectivity index (χ2n) is 4.84. The Balaban J connectivity index is 1.60. The molecule has 1 aliphatic heterocycles. The highest BCUT2D eigenvalue weighted by Crippen LogP contribution is 2.35. The Bertz CT molecular complexity index is 607. The van der Waals surface area contributed by atoms with E-state index < -0.39 is 0 Å². The van der Waals surface area contributed by atoms with Gasteiger partial charge in [-0.3, -0.25) is 4.99 Å². The summed E-state index contributed by atoms with van der Waals surface area (Å²) in [5.41, 5.74) is 1.34. The molecule has 5 heteroatoms. The maximum atomic E-state index is 4.61. The molecule has 2 atom stereocenters. The summed E-state index contributed by atoms with van der Waals surface area (Å²) in [5.74, 6) is 0. The molecule has 0 aliphatic carbocycles. The fourth-order valence-corrected chi connectivity index (χ4v) is 4.00. The first-order valence-electron chi connectivity index (χ1n) is 6.67. The van der Waals surface area contributed by atoms with Gasteiger partial charge in [0.2, 0.25) is 0 Å². The molecular weight excluding hydrogens is 286 g/mol. The van der Waals surface area contributed by atoms with Crippen LogP contribution in [-0.2, 0) is 0 Å². The molecular formula is C15H17N3S2. The summed E-state index contributed by atoms with van der Waals surface area (Å²) in [7, 11) is 0. The number of thioether (sulfide) groups is 1. The van der Waals surface area contributed by atoms with E-state index in [0.29, 0.717) is 5.25 Å². The number of aliphatic imine (C=N–C) groups is 1. The van der Waals surface area contributed by atoms with Crippen molar-refractivity contribution < 1.29 is 0 Å². The summed E-state index contributed by atoms with van der Waals surface area (Å²) in [6, 6.07) is 10.8. The highest BCUT2D eigenvalue weighted by molar-refractivity contribution is 8.14. The lowest BCUT2D eigenvalue weighted by molar-refractivity contribution is 0.716. The zero-order valence-electron chi connectivity index (χ0n) is 11.5. The van der Waals surface area contributed by atoms with Gasteiger partial charge < -0.3 is 5.32 Å². The van der Waals surface area contributed by atoms with E-state index in [1.54, 1.807) is 11.3 Å². The number of hydrogen-bond acceptors (Lipinski definition) is 5. The molecule has 2 aromatic rings. The first-order valence-corrected chi connectivity index (χ1v) is 8.37. The molecule has 0 amide bonds. The number of aromatic nitrogens is 1. The highest BCUT2D eigenvalue weighted by Gasteiger charge is 2.22. The fraction of sp³-hybridized carbons (Fsp3) is 0.333. The lowest BCUT2D eigenvalue weighted by Crippen LogP contribution is -2.22. The molecule has 20 heavy (non-hydrogen) atoms. The van der Waals surface area contributed by atoms with Gasteiger partial charge in [-0.1, -0.05) is 42.1 Å². The molecule has 0 spiro atoms. The maximum absolute atomic E-state index is 4.61. The predicted octanol–water partition coefficient (Wildman–Crippen LogP) is 3.95. The van der Waals surface area contributed by atoms with Gasteiger partial charge in [-0.05, 0) is 19.4 Å². The van der Waals surface area contributed by atoms with Gasteiger partial charge in [0, 0.05) is 11.1 Å². The number of rotatable bonds is 3. The third-order valence-corrected chi connectivity index (χ3v) is 5.45. The summed E-state index contributed by atoms with van der Waals surface area (Å²) in [6.45, 7) is 5.07. The Morgan fingerprint density at radius 3 is 2.80 bits per heavy atom. The average molecular weight is 303 g/mol. The first-order chi connectivity index (χ1) is 9.72. The van der Waals surface area contributed by atoms with E-state index in [-0.39, 0.29) is 6.04 Å². The van der Waals surface area contributed by atoms with E-state index in [9.17, 15) is 0 Å². The minimum absolute atomic E-state index is 0.217. The zero-order valence-corrected chi connectivity index (χ0v) is 13.2. The molecule has 1 N–H and O–H groups in total. The van der Waals surface area contributed by atoms with Crippen LogP contribution in [0, 0.1) is 6.92 Å². The smallest absolute Gasteiger partial charge is 0.157 e. The number of aryl methyl sites for hydroxylation is 1. The number of amidine groups is 1. The molecule has 2 unspecified atom stereocenters. The normalized spacial score (nSPS) is 19.7. The summed E-state index contributed by atoms with van der Waals surface area (Å²) >= 11 is 3.55. The van der Waals surface area contributed by atoms with E-state index >= 15 is 0 Å².